The number of H-pyrrole nitrogens is 1. The first-order valence-electron chi connectivity index (χ1n) is 12.3. The molecule has 0 aliphatic carbocycles. The zero-order chi connectivity index (χ0) is 29.1. The monoisotopic (exact) mass is 573 g/mol. The molecule has 4 atom stereocenters. The third-order valence-electron chi connectivity index (χ3n) is 7.96. The van der Waals surface area contributed by atoms with Crippen LogP contribution in [0.4, 0.5) is 17.6 Å². The van der Waals surface area contributed by atoms with Crippen LogP contribution in [0.25, 0.3) is 43.6 Å². The number of methoxy groups -OCH3 is 1. The molecule has 1 saturated heterocycles. The predicted molar refractivity (Wildman–Crippen MR) is 134 cm³/mol. The molecule has 212 valence electrons. The molecular formula is C27H19F4N3O7. The van der Waals surface area contributed by atoms with Crippen molar-refractivity contribution in [3.8, 4) is 0 Å². The number of hydrogen-bond donors (Lipinski definition) is 5. The van der Waals surface area contributed by atoms with E-state index in [0.717, 1.165) is 24.3 Å². The van der Waals surface area contributed by atoms with Crippen molar-refractivity contribution < 1.29 is 51.9 Å². The summed E-state index contributed by atoms with van der Waals surface area (Å²) in [7, 11) is 1.19. The number of rotatable bonds is 3. The number of aromatic amines is 1. The average molecular weight is 573 g/mol. The number of aliphatic hydroxyl groups excluding tert-OH is 3. The molecule has 3 aromatic carbocycles. The van der Waals surface area contributed by atoms with Crippen LogP contribution in [0.5, 0.6) is 0 Å². The van der Waals surface area contributed by atoms with Gasteiger partial charge in [0.1, 0.15) is 6.10 Å². The second-order valence-electron chi connectivity index (χ2n) is 10.1. The van der Waals surface area contributed by atoms with E-state index in [2.05, 4.69) is 10.3 Å². The fourth-order valence-electron chi connectivity index (χ4n) is 6.10. The highest BCUT2D eigenvalue weighted by molar-refractivity contribution is 6.39. The van der Waals surface area contributed by atoms with Crippen LogP contribution in [-0.2, 0) is 9.47 Å². The average Bonchev–Trinajstić information content (AvgIpc) is 3.55. The van der Waals surface area contributed by atoms with Gasteiger partial charge in [-0.05, 0) is 12.1 Å². The Balaban J connectivity index is 1.74. The van der Waals surface area contributed by atoms with Crippen LogP contribution in [0.2, 0.25) is 0 Å². The van der Waals surface area contributed by atoms with Gasteiger partial charge in [-0.2, -0.15) is 0 Å². The summed E-state index contributed by atoms with van der Waals surface area (Å²) >= 11 is 0. The minimum atomic E-state index is -1.83. The van der Waals surface area contributed by atoms with Crippen LogP contribution in [0.15, 0.2) is 24.3 Å². The minimum Gasteiger partial charge on any atom is -0.391 e. The number of ether oxygens (including phenoxy) is 2. The van der Waals surface area contributed by atoms with E-state index in [1.54, 1.807) is 0 Å². The standard InChI is InChI=1S/C27H19F4N3O7/c1-40-27(7-35)6-16(36)23(37)26(41-27)34-15-5-13(31)11(29)3-9(15)18-20-19(24(38)33-25(20)39)17-8-2-10(28)12(30)4-14(8)32-21(17)22(18)34/h2-5,16,23,26,32,35-37H,6-7H2,1H3,(H,33,38,39). The summed E-state index contributed by atoms with van der Waals surface area (Å²) in [4.78, 5) is 29.1. The molecular weight excluding hydrogens is 554 g/mol. The van der Waals surface area contributed by atoms with Crippen molar-refractivity contribution in [2.45, 2.75) is 30.6 Å². The number of carbonyl (C=O) groups is 2. The van der Waals surface area contributed by atoms with E-state index in [9.17, 15) is 42.5 Å². The number of halogens is 4. The molecule has 14 heteroatoms. The summed E-state index contributed by atoms with van der Waals surface area (Å²) in [5.41, 5.74) is -0.570. The zero-order valence-electron chi connectivity index (χ0n) is 20.9. The third-order valence-corrected chi connectivity index (χ3v) is 7.96. The first-order chi connectivity index (χ1) is 19.5. The van der Waals surface area contributed by atoms with Gasteiger partial charge in [-0.25, -0.2) is 17.6 Å². The van der Waals surface area contributed by atoms with E-state index >= 15 is 0 Å². The second-order valence-corrected chi connectivity index (χ2v) is 10.1. The molecule has 2 aliphatic heterocycles. The lowest BCUT2D eigenvalue weighted by Crippen LogP contribution is -2.55. The number of benzene rings is 3. The Morgan fingerprint density at radius 1 is 0.976 bits per heavy atom. The van der Waals surface area contributed by atoms with Crippen LogP contribution in [0, 0.1) is 23.3 Å². The van der Waals surface area contributed by atoms with Gasteiger partial charge in [0.15, 0.2) is 35.3 Å². The molecule has 5 aromatic rings. The number of aromatic nitrogens is 2. The number of nitrogens with zero attached hydrogens (tertiary/aromatic N) is 1. The topological polar surface area (TPSA) is 146 Å². The molecule has 4 unspecified atom stereocenters. The maximum atomic E-state index is 14.7. The first-order valence-corrected chi connectivity index (χ1v) is 12.3. The van der Waals surface area contributed by atoms with Gasteiger partial charge in [-0.15, -0.1) is 0 Å². The smallest absolute Gasteiger partial charge is 0.259 e. The zero-order valence-corrected chi connectivity index (χ0v) is 20.9. The molecule has 0 saturated carbocycles. The predicted octanol–water partition coefficient (Wildman–Crippen LogP) is 2.84. The summed E-state index contributed by atoms with van der Waals surface area (Å²) in [6.45, 7) is -0.767. The Labute approximate surface area is 225 Å². The number of hydrogen-bond acceptors (Lipinski definition) is 7. The number of aliphatic hydroxyl groups is 3. The number of imide groups is 1. The number of fused-ring (bicyclic) bond motifs is 10. The van der Waals surface area contributed by atoms with Crippen molar-refractivity contribution in [3.63, 3.8) is 0 Å². The SMILES string of the molecule is COC1(CO)CC(O)C(O)C(n2c3cc(F)c(F)cc3c3c4c(c5c6cc(F)c(F)cc6[nH]c5c32)C(=O)NC4=O)O1. The summed E-state index contributed by atoms with van der Waals surface area (Å²) < 4.78 is 70.5. The lowest BCUT2D eigenvalue weighted by molar-refractivity contribution is -0.337. The molecule has 2 aliphatic rings. The highest BCUT2D eigenvalue weighted by atomic mass is 19.2. The molecule has 0 radical (unpaired) electrons. The van der Waals surface area contributed by atoms with Crippen molar-refractivity contribution >= 4 is 55.4 Å². The summed E-state index contributed by atoms with van der Waals surface area (Å²) in [5, 5.41) is 34.0. The van der Waals surface area contributed by atoms with Gasteiger partial charge in [-0.1, -0.05) is 0 Å². The van der Waals surface area contributed by atoms with Crippen LogP contribution >= 0.6 is 0 Å². The number of amides is 2. The molecule has 4 heterocycles. The van der Waals surface area contributed by atoms with Crippen molar-refractivity contribution in [2.24, 2.45) is 0 Å². The Morgan fingerprint density at radius 3 is 2.24 bits per heavy atom. The summed E-state index contributed by atoms with van der Waals surface area (Å²) in [6.07, 6.45) is -5.27. The van der Waals surface area contributed by atoms with Gasteiger partial charge in [0.2, 0.25) is 0 Å². The molecule has 1 fully saturated rings. The molecule has 2 amide bonds. The van der Waals surface area contributed by atoms with Crippen LogP contribution in [0.3, 0.4) is 0 Å². The fraction of sp³-hybridized carbons (Fsp3) is 0.259. The third kappa shape index (κ3) is 3.30. The van der Waals surface area contributed by atoms with Gasteiger partial charge >= 0.3 is 0 Å². The van der Waals surface area contributed by atoms with E-state index in [1.165, 1.54) is 11.7 Å². The molecule has 0 bridgehead atoms. The van der Waals surface area contributed by atoms with Crippen molar-refractivity contribution in [1.82, 2.24) is 14.9 Å². The molecule has 7 rings (SSSR count). The van der Waals surface area contributed by atoms with E-state index < -0.39 is 65.9 Å². The van der Waals surface area contributed by atoms with Crippen LogP contribution in [-0.4, -0.2) is 68.4 Å². The summed E-state index contributed by atoms with van der Waals surface area (Å²) in [5.74, 6) is -8.60. The first kappa shape index (κ1) is 25.9. The van der Waals surface area contributed by atoms with Crippen molar-refractivity contribution in [1.29, 1.82) is 0 Å². The lowest BCUT2D eigenvalue weighted by atomic mass is 9.96. The van der Waals surface area contributed by atoms with Crippen LogP contribution in [0.1, 0.15) is 33.4 Å². The molecule has 0 spiro atoms. The van der Waals surface area contributed by atoms with E-state index in [0.29, 0.717) is 0 Å². The van der Waals surface area contributed by atoms with E-state index in [4.69, 9.17) is 9.47 Å². The maximum absolute atomic E-state index is 14.7. The number of nitrogens with one attached hydrogen (secondary N) is 2. The van der Waals surface area contributed by atoms with Crippen LogP contribution < -0.4 is 5.32 Å². The van der Waals surface area contributed by atoms with E-state index in [1.807, 2.05) is 0 Å². The van der Waals surface area contributed by atoms with Crippen molar-refractivity contribution in [2.75, 3.05) is 13.7 Å². The molecule has 5 N–H and O–H groups in total. The Morgan fingerprint density at radius 2 is 1.59 bits per heavy atom. The Bertz CT molecular complexity index is 2000. The van der Waals surface area contributed by atoms with Gasteiger partial charge in [0, 0.05) is 52.7 Å². The molecule has 10 nitrogen and oxygen atoms in total. The van der Waals surface area contributed by atoms with Gasteiger partial charge in [0.25, 0.3) is 11.8 Å². The second kappa shape index (κ2) is 8.47. The Kier molecular flexibility index (Phi) is 5.34. The highest BCUT2D eigenvalue weighted by Gasteiger charge is 2.49. The molecule has 41 heavy (non-hydrogen) atoms. The van der Waals surface area contributed by atoms with E-state index in [-0.39, 0.29) is 61.2 Å². The normalized spacial score (nSPS) is 24.7. The maximum Gasteiger partial charge on any atom is 0.259 e. The largest absolute Gasteiger partial charge is 0.391 e. The van der Waals surface area contributed by atoms with Gasteiger partial charge in [-0.3, -0.25) is 14.9 Å². The summed E-state index contributed by atoms with van der Waals surface area (Å²) in [6, 6.07) is 3.27. The Hall–Kier alpha value is -4.08. The minimum absolute atomic E-state index is 0.000704. The van der Waals surface area contributed by atoms with Gasteiger partial charge < -0.3 is 34.3 Å². The number of carbonyl (C=O) groups excluding carboxylic acids is 2. The fourth-order valence-corrected chi connectivity index (χ4v) is 6.10. The van der Waals surface area contributed by atoms with Crippen molar-refractivity contribution in [3.05, 3.63) is 58.7 Å². The lowest BCUT2D eigenvalue weighted by Gasteiger charge is -2.44. The van der Waals surface area contributed by atoms with Gasteiger partial charge in [0.05, 0.1) is 40.4 Å². The highest BCUT2D eigenvalue weighted by Crippen LogP contribution is 2.47. The molecule has 2 aromatic heterocycles. The quantitative estimate of drug-likeness (QED) is 0.165.